The predicted molar refractivity (Wildman–Crippen MR) is 117 cm³/mol. The molecule has 2 aromatic carbocycles. The minimum Gasteiger partial charge on any atom is -0.374 e. The van der Waals surface area contributed by atoms with Gasteiger partial charge in [0.05, 0.1) is 23.5 Å². The second kappa shape index (κ2) is 8.37. The Bertz CT molecular complexity index is 1130. The SMILES string of the molecule is N#Cc1cc(Nc2c(NCc3ccccn3)c(=O)c2=O)ccc1N1CCSCC1. The molecule has 2 heterocycles. The fourth-order valence-corrected chi connectivity index (χ4v) is 4.19. The number of pyridine rings is 1. The predicted octanol–water partition coefficient (Wildman–Crippen LogP) is 2.46. The molecule has 2 N–H and O–H groups in total. The maximum atomic E-state index is 12.1. The van der Waals surface area contributed by atoms with Crippen molar-refractivity contribution in [2.45, 2.75) is 6.54 Å². The number of anilines is 4. The van der Waals surface area contributed by atoms with Crippen LogP contribution in [0.25, 0.3) is 0 Å². The Balaban J connectivity index is 1.52. The highest BCUT2D eigenvalue weighted by Crippen LogP contribution is 2.28. The lowest BCUT2D eigenvalue weighted by atomic mass is 10.1. The number of aromatic nitrogens is 1. The van der Waals surface area contributed by atoms with Crippen molar-refractivity contribution < 1.29 is 0 Å². The normalized spacial score (nSPS) is 13.8. The molecule has 0 spiro atoms. The molecule has 8 heteroatoms. The third-order valence-corrected chi connectivity index (χ3v) is 5.76. The lowest BCUT2D eigenvalue weighted by Gasteiger charge is -2.29. The molecule has 1 aliphatic rings. The van der Waals surface area contributed by atoms with Crippen LogP contribution in [0.15, 0.2) is 52.2 Å². The smallest absolute Gasteiger partial charge is 0.253 e. The Hall–Kier alpha value is -3.31. The van der Waals surface area contributed by atoms with E-state index in [0.717, 1.165) is 36.0 Å². The Morgan fingerprint density at radius 2 is 1.90 bits per heavy atom. The third kappa shape index (κ3) is 3.96. The van der Waals surface area contributed by atoms with E-state index in [1.165, 1.54) is 0 Å². The molecular weight excluding hydrogens is 386 g/mol. The average Bonchev–Trinajstić information content (AvgIpc) is 2.79. The highest BCUT2D eigenvalue weighted by atomic mass is 32.2. The summed E-state index contributed by atoms with van der Waals surface area (Å²) in [6.45, 7) is 2.16. The fourth-order valence-electron chi connectivity index (χ4n) is 3.29. The summed E-state index contributed by atoms with van der Waals surface area (Å²) in [6.07, 6.45) is 1.67. The van der Waals surface area contributed by atoms with Crippen molar-refractivity contribution in [1.29, 1.82) is 5.26 Å². The van der Waals surface area contributed by atoms with Crippen molar-refractivity contribution in [3.05, 3.63) is 74.3 Å². The summed E-state index contributed by atoms with van der Waals surface area (Å²) in [4.78, 5) is 30.4. The minimum atomic E-state index is -0.566. The van der Waals surface area contributed by atoms with E-state index in [4.69, 9.17) is 0 Å². The topological polar surface area (TPSA) is 98.1 Å². The molecule has 1 aliphatic heterocycles. The number of nitrogens with one attached hydrogen (secondary N) is 2. The van der Waals surface area contributed by atoms with Gasteiger partial charge in [0.1, 0.15) is 17.4 Å². The van der Waals surface area contributed by atoms with Gasteiger partial charge in [0.2, 0.25) is 0 Å². The summed E-state index contributed by atoms with van der Waals surface area (Å²) in [5.74, 6) is 2.08. The van der Waals surface area contributed by atoms with Crippen molar-refractivity contribution in [3.8, 4) is 6.07 Å². The molecule has 1 saturated heterocycles. The summed E-state index contributed by atoms with van der Waals surface area (Å²) in [5, 5.41) is 15.6. The zero-order valence-corrected chi connectivity index (χ0v) is 16.5. The van der Waals surface area contributed by atoms with Crippen LogP contribution in [0, 0.1) is 11.3 Å². The van der Waals surface area contributed by atoms with Crippen LogP contribution in [0.3, 0.4) is 0 Å². The molecule has 1 fully saturated rings. The second-order valence-electron chi connectivity index (χ2n) is 6.65. The quantitative estimate of drug-likeness (QED) is 0.604. The zero-order valence-electron chi connectivity index (χ0n) is 15.6. The van der Waals surface area contributed by atoms with Gasteiger partial charge in [-0.25, -0.2) is 0 Å². The van der Waals surface area contributed by atoms with Crippen LogP contribution in [0.5, 0.6) is 0 Å². The zero-order chi connectivity index (χ0) is 20.2. The van der Waals surface area contributed by atoms with Crippen molar-refractivity contribution in [2.75, 3.05) is 40.1 Å². The summed E-state index contributed by atoms with van der Waals surface area (Å²) >= 11 is 1.91. The molecule has 29 heavy (non-hydrogen) atoms. The lowest BCUT2D eigenvalue weighted by molar-refractivity contribution is 0.857. The maximum absolute atomic E-state index is 12.1. The second-order valence-corrected chi connectivity index (χ2v) is 7.88. The summed E-state index contributed by atoms with van der Waals surface area (Å²) in [6, 6.07) is 13.2. The Morgan fingerprint density at radius 3 is 2.62 bits per heavy atom. The van der Waals surface area contributed by atoms with E-state index in [9.17, 15) is 14.9 Å². The van der Waals surface area contributed by atoms with Crippen LogP contribution in [0.1, 0.15) is 11.3 Å². The van der Waals surface area contributed by atoms with Crippen molar-refractivity contribution in [2.24, 2.45) is 0 Å². The standard InChI is InChI=1S/C21H19N5O2S/c22-12-14-11-15(4-5-17(14)26-7-9-29-10-8-26)25-19-18(20(27)21(19)28)24-13-16-3-1-2-6-23-16/h1-6,11,24-25H,7-10,13H2. The van der Waals surface area contributed by atoms with Gasteiger partial charge in [-0.2, -0.15) is 17.0 Å². The Labute approximate surface area is 172 Å². The first-order chi connectivity index (χ1) is 14.2. The molecule has 0 unspecified atom stereocenters. The van der Waals surface area contributed by atoms with Crippen LogP contribution >= 0.6 is 11.8 Å². The van der Waals surface area contributed by atoms with E-state index in [1.807, 2.05) is 42.1 Å². The summed E-state index contributed by atoms with van der Waals surface area (Å²) < 4.78 is 0. The van der Waals surface area contributed by atoms with E-state index in [2.05, 4.69) is 26.6 Å². The van der Waals surface area contributed by atoms with Crippen LogP contribution in [-0.2, 0) is 6.54 Å². The molecule has 0 saturated carbocycles. The molecule has 0 atom stereocenters. The van der Waals surface area contributed by atoms with Gasteiger partial charge in [-0.05, 0) is 30.3 Å². The van der Waals surface area contributed by atoms with Crippen molar-refractivity contribution in [3.63, 3.8) is 0 Å². The highest BCUT2D eigenvalue weighted by Gasteiger charge is 2.22. The number of rotatable bonds is 6. The van der Waals surface area contributed by atoms with Gasteiger partial charge in [0.25, 0.3) is 10.9 Å². The number of thioether (sulfide) groups is 1. The average molecular weight is 405 g/mol. The first-order valence-corrected chi connectivity index (χ1v) is 10.4. The first-order valence-electron chi connectivity index (χ1n) is 9.28. The highest BCUT2D eigenvalue weighted by molar-refractivity contribution is 7.99. The molecule has 0 aliphatic carbocycles. The molecule has 1 aromatic heterocycles. The van der Waals surface area contributed by atoms with E-state index in [-0.39, 0.29) is 11.4 Å². The molecular formula is C21H19N5O2S. The molecule has 146 valence electrons. The van der Waals surface area contributed by atoms with E-state index in [0.29, 0.717) is 17.8 Å². The molecule has 0 bridgehead atoms. The minimum absolute atomic E-state index is 0.219. The number of hydrogen-bond acceptors (Lipinski definition) is 8. The van der Waals surface area contributed by atoms with Crippen LogP contribution in [-0.4, -0.2) is 29.6 Å². The van der Waals surface area contributed by atoms with Crippen LogP contribution in [0.4, 0.5) is 22.7 Å². The van der Waals surface area contributed by atoms with Crippen molar-refractivity contribution in [1.82, 2.24) is 4.98 Å². The molecule has 0 amide bonds. The van der Waals surface area contributed by atoms with Gasteiger partial charge in [0.15, 0.2) is 0 Å². The fraction of sp³-hybridized carbons (Fsp3) is 0.238. The van der Waals surface area contributed by atoms with E-state index < -0.39 is 10.9 Å². The Morgan fingerprint density at radius 1 is 1.10 bits per heavy atom. The molecule has 4 rings (SSSR count). The van der Waals surface area contributed by atoms with Gasteiger partial charge in [-0.1, -0.05) is 6.07 Å². The maximum Gasteiger partial charge on any atom is 0.253 e. The van der Waals surface area contributed by atoms with Crippen molar-refractivity contribution >= 4 is 34.5 Å². The largest absolute Gasteiger partial charge is 0.374 e. The third-order valence-electron chi connectivity index (χ3n) is 4.82. The van der Waals surface area contributed by atoms with Gasteiger partial charge in [-0.15, -0.1) is 0 Å². The molecule has 0 radical (unpaired) electrons. The van der Waals surface area contributed by atoms with Gasteiger partial charge >= 0.3 is 0 Å². The number of nitriles is 1. The number of benzene rings is 1. The van der Waals surface area contributed by atoms with Gasteiger partial charge in [0, 0.05) is 36.5 Å². The number of hydrogen-bond donors (Lipinski definition) is 2. The van der Waals surface area contributed by atoms with Gasteiger partial charge < -0.3 is 15.5 Å². The molecule has 3 aromatic rings. The van der Waals surface area contributed by atoms with Crippen LogP contribution < -0.4 is 26.4 Å². The van der Waals surface area contributed by atoms with E-state index in [1.54, 1.807) is 12.3 Å². The van der Waals surface area contributed by atoms with Crippen LogP contribution in [0.2, 0.25) is 0 Å². The summed E-state index contributed by atoms with van der Waals surface area (Å²) in [7, 11) is 0. The first kappa shape index (κ1) is 19.0. The van der Waals surface area contributed by atoms with Gasteiger partial charge in [-0.3, -0.25) is 14.6 Å². The number of nitrogens with zero attached hydrogens (tertiary/aromatic N) is 3. The molecule has 7 nitrogen and oxygen atoms in total. The lowest BCUT2D eigenvalue weighted by Crippen LogP contribution is -2.36. The summed E-state index contributed by atoms with van der Waals surface area (Å²) in [5.41, 5.74) is 2.16. The monoisotopic (exact) mass is 405 g/mol. The Kier molecular flexibility index (Phi) is 5.49. The van der Waals surface area contributed by atoms with E-state index >= 15 is 0 Å².